The number of aromatic nitrogens is 1. The molecule has 1 aromatic heterocycles. The third kappa shape index (κ3) is 4.94. The Morgan fingerprint density at radius 3 is 3.00 bits per heavy atom. The van der Waals surface area contributed by atoms with E-state index in [4.69, 9.17) is 0 Å². The summed E-state index contributed by atoms with van der Waals surface area (Å²) in [5, 5.41) is 3.37. The predicted octanol–water partition coefficient (Wildman–Crippen LogP) is 1.45. The van der Waals surface area contributed by atoms with E-state index >= 15 is 0 Å². The fourth-order valence-electron chi connectivity index (χ4n) is 2.51. The molecule has 0 spiro atoms. The maximum Gasteiger partial charge on any atom is 0.302 e. The second kappa shape index (κ2) is 7.72. The van der Waals surface area contributed by atoms with Crippen LogP contribution in [-0.2, 0) is 10.2 Å². The molecule has 1 unspecified atom stereocenters. The normalized spacial score (nSPS) is 20.3. The molecule has 0 bridgehead atoms. The van der Waals surface area contributed by atoms with Crippen molar-refractivity contribution in [2.45, 2.75) is 26.2 Å². The highest BCUT2D eigenvalue weighted by molar-refractivity contribution is 7.90. The zero-order chi connectivity index (χ0) is 15.1. The Morgan fingerprint density at radius 1 is 1.43 bits per heavy atom. The summed E-state index contributed by atoms with van der Waals surface area (Å²) in [6.07, 6.45) is 4.65. The van der Waals surface area contributed by atoms with Crippen LogP contribution in [0.1, 0.15) is 26.2 Å². The van der Waals surface area contributed by atoms with Crippen LogP contribution in [0.25, 0.3) is 0 Å². The zero-order valence-corrected chi connectivity index (χ0v) is 13.3. The van der Waals surface area contributed by atoms with Gasteiger partial charge in [-0.25, -0.2) is 4.98 Å². The Balaban J connectivity index is 1.93. The highest BCUT2D eigenvalue weighted by Gasteiger charge is 2.28. The highest BCUT2D eigenvalue weighted by atomic mass is 32.2. The van der Waals surface area contributed by atoms with E-state index in [0.29, 0.717) is 24.8 Å². The number of anilines is 1. The summed E-state index contributed by atoms with van der Waals surface area (Å²) in [7, 11) is -3.51. The summed E-state index contributed by atoms with van der Waals surface area (Å²) < 4.78 is 28.8. The van der Waals surface area contributed by atoms with E-state index < -0.39 is 10.2 Å². The number of rotatable bonds is 7. The van der Waals surface area contributed by atoms with E-state index in [2.05, 4.69) is 21.9 Å². The quantitative estimate of drug-likeness (QED) is 0.747. The molecule has 1 aliphatic rings. The third-order valence-electron chi connectivity index (χ3n) is 3.58. The number of pyridine rings is 1. The zero-order valence-electron chi connectivity index (χ0n) is 12.5. The molecule has 0 saturated carbocycles. The van der Waals surface area contributed by atoms with Crippen molar-refractivity contribution in [2.75, 3.05) is 30.9 Å². The van der Waals surface area contributed by atoms with Crippen LogP contribution in [0.3, 0.4) is 0 Å². The van der Waals surface area contributed by atoms with Gasteiger partial charge in [0.05, 0.1) is 0 Å². The van der Waals surface area contributed by atoms with E-state index in [9.17, 15) is 8.42 Å². The van der Waals surface area contributed by atoms with Crippen molar-refractivity contribution in [3.8, 4) is 0 Å². The summed E-state index contributed by atoms with van der Waals surface area (Å²) in [4.78, 5) is 4.01. The predicted molar refractivity (Wildman–Crippen MR) is 84.2 cm³/mol. The molecule has 0 aromatic carbocycles. The second-order valence-corrected chi connectivity index (χ2v) is 7.06. The fraction of sp³-hybridized carbons (Fsp3) is 0.643. The van der Waals surface area contributed by atoms with Gasteiger partial charge in [-0.2, -0.15) is 12.7 Å². The highest BCUT2D eigenvalue weighted by Crippen LogP contribution is 2.19. The van der Waals surface area contributed by atoms with Gasteiger partial charge in [-0.3, -0.25) is 4.72 Å². The molecule has 6 nitrogen and oxygen atoms in total. The Hall–Kier alpha value is -1.18. The van der Waals surface area contributed by atoms with E-state index in [1.54, 1.807) is 24.4 Å². The van der Waals surface area contributed by atoms with Gasteiger partial charge in [-0.15, -0.1) is 0 Å². The first kappa shape index (κ1) is 16.2. The lowest BCUT2D eigenvalue weighted by molar-refractivity contribution is 0.261. The lowest BCUT2D eigenvalue weighted by Crippen LogP contribution is -2.45. The molecule has 21 heavy (non-hydrogen) atoms. The fourth-order valence-corrected chi connectivity index (χ4v) is 3.81. The summed E-state index contributed by atoms with van der Waals surface area (Å²) in [6.45, 7) is 5.13. The minimum Gasteiger partial charge on any atom is -0.316 e. The van der Waals surface area contributed by atoms with Crippen molar-refractivity contribution >= 4 is 16.0 Å². The smallest absolute Gasteiger partial charge is 0.302 e. The lowest BCUT2D eigenvalue weighted by atomic mass is 10.00. The van der Waals surface area contributed by atoms with Gasteiger partial charge >= 0.3 is 10.2 Å². The van der Waals surface area contributed by atoms with Crippen LogP contribution in [0.5, 0.6) is 0 Å². The van der Waals surface area contributed by atoms with Crippen molar-refractivity contribution in [2.24, 2.45) is 5.92 Å². The van der Waals surface area contributed by atoms with E-state index in [-0.39, 0.29) is 0 Å². The number of hydrogen-bond donors (Lipinski definition) is 2. The Morgan fingerprint density at radius 2 is 2.29 bits per heavy atom. The van der Waals surface area contributed by atoms with Crippen molar-refractivity contribution < 1.29 is 8.42 Å². The molecule has 1 aromatic rings. The van der Waals surface area contributed by atoms with Crippen molar-refractivity contribution in [3.05, 3.63) is 24.4 Å². The van der Waals surface area contributed by atoms with Crippen LogP contribution in [-0.4, -0.2) is 43.9 Å². The standard InChI is InChI=1S/C14H24N4O2S/c1-2-8-15-11-13-6-5-10-18(12-13)21(19,20)17-14-7-3-4-9-16-14/h3-4,7,9,13,15H,2,5-6,8,10-12H2,1H3,(H,16,17). The Kier molecular flexibility index (Phi) is 5.96. The molecule has 1 aliphatic heterocycles. The molecular weight excluding hydrogens is 288 g/mol. The third-order valence-corrected chi connectivity index (χ3v) is 5.06. The van der Waals surface area contributed by atoms with Crippen molar-refractivity contribution in [3.63, 3.8) is 0 Å². The lowest BCUT2D eigenvalue weighted by Gasteiger charge is -2.32. The molecular formula is C14H24N4O2S. The molecule has 2 heterocycles. The Bertz CT molecular complexity index is 521. The first-order valence-corrected chi connectivity index (χ1v) is 8.95. The molecule has 0 aliphatic carbocycles. The van der Waals surface area contributed by atoms with Crippen molar-refractivity contribution in [1.82, 2.24) is 14.6 Å². The molecule has 2 rings (SSSR count). The van der Waals surface area contributed by atoms with Gasteiger partial charge in [-0.1, -0.05) is 13.0 Å². The van der Waals surface area contributed by atoms with E-state index in [0.717, 1.165) is 32.4 Å². The van der Waals surface area contributed by atoms with Gasteiger partial charge < -0.3 is 5.32 Å². The first-order chi connectivity index (χ1) is 10.1. The molecule has 118 valence electrons. The second-order valence-electron chi connectivity index (χ2n) is 5.39. The van der Waals surface area contributed by atoms with Crippen LogP contribution in [0, 0.1) is 5.92 Å². The molecule has 7 heteroatoms. The topological polar surface area (TPSA) is 74.3 Å². The maximum atomic E-state index is 12.4. The van der Waals surface area contributed by atoms with Crippen LogP contribution in [0.4, 0.5) is 5.82 Å². The van der Waals surface area contributed by atoms with Gasteiger partial charge in [0.1, 0.15) is 5.82 Å². The number of nitrogens with one attached hydrogen (secondary N) is 2. The van der Waals surface area contributed by atoms with E-state index in [1.165, 1.54) is 4.31 Å². The SMILES string of the molecule is CCCNCC1CCCN(S(=O)(=O)Nc2ccccn2)C1. The summed E-state index contributed by atoms with van der Waals surface area (Å²) >= 11 is 0. The minimum atomic E-state index is -3.51. The van der Waals surface area contributed by atoms with Gasteiger partial charge in [0, 0.05) is 19.3 Å². The van der Waals surface area contributed by atoms with Gasteiger partial charge in [-0.05, 0) is 50.4 Å². The molecule has 1 atom stereocenters. The molecule has 1 fully saturated rings. The van der Waals surface area contributed by atoms with Crippen LogP contribution in [0.15, 0.2) is 24.4 Å². The molecule has 2 N–H and O–H groups in total. The molecule has 0 radical (unpaired) electrons. The van der Waals surface area contributed by atoms with Gasteiger partial charge in [0.25, 0.3) is 0 Å². The number of piperidine rings is 1. The average molecular weight is 312 g/mol. The van der Waals surface area contributed by atoms with Crippen LogP contribution < -0.4 is 10.0 Å². The van der Waals surface area contributed by atoms with Crippen molar-refractivity contribution in [1.29, 1.82) is 0 Å². The van der Waals surface area contributed by atoms with Gasteiger partial charge in [0.2, 0.25) is 0 Å². The largest absolute Gasteiger partial charge is 0.316 e. The van der Waals surface area contributed by atoms with E-state index in [1.807, 2.05) is 0 Å². The maximum absolute atomic E-state index is 12.4. The van der Waals surface area contributed by atoms with Gasteiger partial charge in [0.15, 0.2) is 0 Å². The minimum absolute atomic E-state index is 0.365. The number of hydrogen-bond acceptors (Lipinski definition) is 4. The molecule has 0 amide bonds. The summed E-state index contributed by atoms with van der Waals surface area (Å²) in [5.41, 5.74) is 0. The Labute approximate surface area is 127 Å². The molecule has 1 saturated heterocycles. The number of nitrogens with zero attached hydrogens (tertiary/aromatic N) is 2. The van der Waals surface area contributed by atoms with Crippen LogP contribution >= 0.6 is 0 Å². The van der Waals surface area contributed by atoms with Crippen LogP contribution in [0.2, 0.25) is 0 Å². The summed E-state index contributed by atoms with van der Waals surface area (Å²) in [5.74, 6) is 0.745. The average Bonchev–Trinajstić information content (AvgIpc) is 2.48. The monoisotopic (exact) mass is 312 g/mol. The first-order valence-electron chi connectivity index (χ1n) is 7.51. The summed E-state index contributed by atoms with van der Waals surface area (Å²) in [6, 6.07) is 5.18.